The maximum atomic E-state index is 14.8. The molecular formula is C26H26F3N5O3. The number of nitrogens with one attached hydrogen (secondary N) is 1. The van der Waals surface area contributed by atoms with Gasteiger partial charge in [0.05, 0.1) is 36.9 Å². The van der Waals surface area contributed by atoms with Crippen LogP contribution in [0.5, 0.6) is 11.6 Å². The monoisotopic (exact) mass is 513 g/mol. The van der Waals surface area contributed by atoms with Crippen LogP contribution in [-0.4, -0.2) is 48.7 Å². The molecule has 0 saturated carbocycles. The number of nitrogens with zero attached hydrogens (tertiary/aromatic N) is 3. The average Bonchev–Trinajstić information content (AvgIpc) is 3.33. The van der Waals surface area contributed by atoms with E-state index < -0.39 is 34.6 Å². The molecule has 1 unspecified atom stereocenters. The molecule has 2 atom stereocenters. The van der Waals surface area contributed by atoms with E-state index in [4.69, 9.17) is 15.2 Å². The summed E-state index contributed by atoms with van der Waals surface area (Å²) in [6, 6.07) is 4.08. The lowest BCUT2D eigenvalue weighted by atomic mass is 9.95. The Balaban J connectivity index is 1.51. The average molecular weight is 514 g/mol. The van der Waals surface area contributed by atoms with Crippen molar-refractivity contribution in [1.29, 1.82) is 0 Å². The van der Waals surface area contributed by atoms with Gasteiger partial charge in [-0.3, -0.25) is 4.79 Å². The molecule has 4 heterocycles. The fourth-order valence-electron chi connectivity index (χ4n) is 5.00. The zero-order chi connectivity index (χ0) is 26.3. The van der Waals surface area contributed by atoms with Gasteiger partial charge in [-0.05, 0) is 36.6 Å². The Morgan fingerprint density at radius 1 is 1.19 bits per heavy atom. The third-order valence-electron chi connectivity index (χ3n) is 6.55. The number of anilines is 2. The Morgan fingerprint density at radius 2 is 1.97 bits per heavy atom. The molecule has 8 nitrogen and oxygen atoms in total. The first-order valence-corrected chi connectivity index (χ1v) is 11.9. The van der Waals surface area contributed by atoms with Gasteiger partial charge in [-0.2, -0.15) is 0 Å². The number of amides is 1. The van der Waals surface area contributed by atoms with Crippen LogP contribution >= 0.6 is 0 Å². The number of piperidine rings is 1. The van der Waals surface area contributed by atoms with Gasteiger partial charge in [0, 0.05) is 31.1 Å². The number of pyridine rings is 2. The Bertz CT molecular complexity index is 1360. The van der Waals surface area contributed by atoms with E-state index in [9.17, 15) is 18.0 Å². The second-order valence-corrected chi connectivity index (χ2v) is 9.33. The molecule has 1 aromatic carbocycles. The molecule has 0 spiro atoms. The molecule has 11 heteroatoms. The third kappa shape index (κ3) is 4.66. The van der Waals surface area contributed by atoms with Gasteiger partial charge in [0.15, 0.2) is 11.6 Å². The third-order valence-corrected chi connectivity index (χ3v) is 6.55. The molecule has 1 amide bonds. The number of hydrogen-bond donors (Lipinski definition) is 2. The standard InChI is InChI=1S/C26H26F3N5O3/c1-13-9-14(30)12-34(11-13)24-15-7-8-37-26(15)31-10-19(24)33-25(35)18-5-3-17(28)23(32-18)21-16(27)4-6-20(36-2)22(21)29/h3-6,10,13-14H,7-9,11-12,30H2,1-2H3,(H,33,35)/t13-,14?/m1/s1. The lowest BCUT2D eigenvalue weighted by Gasteiger charge is -2.38. The SMILES string of the molecule is COc1ccc(F)c(-c2nc(C(=O)Nc3cnc4c(c3N3CC(N)C[C@@H](C)C3)CCO4)ccc2F)c1F. The van der Waals surface area contributed by atoms with E-state index in [0.29, 0.717) is 37.1 Å². The number of nitrogens with two attached hydrogens (primary N) is 1. The van der Waals surface area contributed by atoms with Gasteiger partial charge < -0.3 is 25.4 Å². The summed E-state index contributed by atoms with van der Waals surface area (Å²) < 4.78 is 54.5. The summed E-state index contributed by atoms with van der Waals surface area (Å²) in [5.74, 6) is -3.27. The van der Waals surface area contributed by atoms with Crippen molar-refractivity contribution < 1.29 is 27.4 Å². The van der Waals surface area contributed by atoms with Crippen LogP contribution in [-0.2, 0) is 6.42 Å². The van der Waals surface area contributed by atoms with E-state index in [2.05, 4.69) is 27.1 Å². The van der Waals surface area contributed by atoms with Crippen molar-refractivity contribution in [3.63, 3.8) is 0 Å². The predicted octanol–water partition coefficient (Wildman–Crippen LogP) is 3.93. The number of hydrogen-bond acceptors (Lipinski definition) is 7. The van der Waals surface area contributed by atoms with Crippen molar-refractivity contribution >= 4 is 17.3 Å². The fraction of sp³-hybridized carbons (Fsp3) is 0.346. The number of benzene rings is 1. The maximum Gasteiger partial charge on any atom is 0.274 e. The number of fused-ring (bicyclic) bond motifs is 1. The Kier molecular flexibility index (Phi) is 6.63. The van der Waals surface area contributed by atoms with Crippen LogP contribution in [0, 0.1) is 23.4 Å². The molecule has 2 aliphatic heterocycles. The fourth-order valence-corrected chi connectivity index (χ4v) is 5.00. The first-order valence-electron chi connectivity index (χ1n) is 11.9. The summed E-state index contributed by atoms with van der Waals surface area (Å²) in [7, 11) is 1.21. The van der Waals surface area contributed by atoms with Gasteiger partial charge in [-0.15, -0.1) is 0 Å². The number of halogens is 3. The zero-order valence-corrected chi connectivity index (χ0v) is 20.4. The first-order chi connectivity index (χ1) is 17.8. The molecule has 0 bridgehead atoms. The van der Waals surface area contributed by atoms with E-state index in [1.165, 1.54) is 13.3 Å². The smallest absolute Gasteiger partial charge is 0.274 e. The molecule has 1 fully saturated rings. The minimum absolute atomic E-state index is 0.0348. The lowest BCUT2D eigenvalue weighted by molar-refractivity contribution is 0.102. The van der Waals surface area contributed by atoms with Crippen molar-refractivity contribution in [3.05, 3.63) is 59.2 Å². The molecule has 2 aromatic heterocycles. The van der Waals surface area contributed by atoms with Crippen molar-refractivity contribution in [1.82, 2.24) is 9.97 Å². The Labute approximate surface area is 211 Å². The van der Waals surface area contributed by atoms with E-state index in [-0.39, 0.29) is 17.5 Å². The molecule has 0 aliphatic carbocycles. The van der Waals surface area contributed by atoms with E-state index >= 15 is 0 Å². The number of methoxy groups -OCH3 is 1. The number of carbonyl (C=O) groups excluding carboxylic acids is 1. The van der Waals surface area contributed by atoms with Crippen LogP contribution in [0.3, 0.4) is 0 Å². The Morgan fingerprint density at radius 3 is 2.73 bits per heavy atom. The van der Waals surface area contributed by atoms with Gasteiger partial charge in [0.1, 0.15) is 23.0 Å². The van der Waals surface area contributed by atoms with Crippen LogP contribution in [0.25, 0.3) is 11.3 Å². The predicted molar refractivity (Wildman–Crippen MR) is 131 cm³/mol. The van der Waals surface area contributed by atoms with Crippen molar-refractivity contribution in [2.45, 2.75) is 25.8 Å². The highest BCUT2D eigenvalue weighted by Gasteiger charge is 2.31. The highest BCUT2D eigenvalue weighted by molar-refractivity contribution is 6.05. The topological polar surface area (TPSA) is 103 Å². The van der Waals surface area contributed by atoms with Crippen molar-refractivity contribution in [2.24, 2.45) is 11.7 Å². The molecule has 37 heavy (non-hydrogen) atoms. The molecule has 5 rings (SSSR count). The number of carbonyl (C=O) groups is 1. The molecule has 3 N–H and O–H groups in total. The van der Waals surface area contributed by atoms with Crippen LogP contribution in [0.1, 0.15) is 29.4 Å². The molecule has 0 radical (unpaired) electrons. The number of aromatic nitrogens is 2. The first kappa shape index (κ1) is 24.8. The van der Waals surface area contributed by atoms with Crippen LogP contribution < -0.4 is 25.4 Å². The van der Waals surface area contributed by atoms with Crippen molar-refractivity contribution in [2.75, 3.05) is 37.0 Å². The maximum absolute atomic E-state index is 14.8. The summed E-state index contributed by atoms with van der Waals surface area (Å²) in [5.41, 5.74) is 6.74. The van der Waals surface area contributed by atoms with Gasteiger partial charge in [-0.1, -0.05) is 6.92 Å². The number of ether oxygens (including phenoxy) is 2. The molecular weight excluding hydrogens is 487 g/mol. The van der Waals surface area contributed by atoms with Crippen LogP contribution in [0.4, 0.5) is 24.5 Å². The van der Waals surface area contributed by atoms with Gasteiger partial charge in [0.2, 0.25) is 5.88 Å². The lowest BCUT2D eigenvalue weighted by Crippen LogP contribution is -2.47. The second kappa shape index (κ2) is 9.89. The summed E-state index contributed by atoms with van der Waals surface area (Å²) in [6.45, 7) is 3.92. The summed E-state index contributed by atoms with van der Waals surface area (Å²) in [5, 5.41) is 2.80. The molecule has 194 valence electrons. The summed E-state index contributed by atoms with van der Waals surface area (Å²) in [4.78, 5) is 23.7. The second-order valence-electron chi connectivity index (χ2n) is 9.33. The highest BCUT2D eigenvalue weighted by atomic mass is 19.1. The zero-order valence-electron chi connectivity index (χ0n) is 20.4. The quantitative estimate of drug-likeness (QED) is 0.533. The van der Waals surface area contributed by atoms with Crippen molar-refractivity contribution in [3.8, 4) is 22.9 Å². The summed E-state index contributed by atoms with van der Waals surface area (Å²) >= 11 is 0. The largest absolute Gasteiger partial charge is 0.494 e. The minimum atomic E-state index is -1.12. The van der Waals surface area contributed by atoms with E-state index in [1.54, 1.807) is 0 Å². The highest BCUT2D eigenvalue weighted by Crippen LogP contribution is 2.40. The van der Waals surface area contributed by atoms with Crippen LogP contribution in [0.2, 0.25) is 0 Å². The molecule has 2 aliphatic rings. The normalized spacial score (nSPS) is 18.8. The van der Waals surface area contributed by atoms with Gasteiger partial charge in [-0.25, -0.2) is 23.1 Å². The number of rotatable bonds is 5. The summed E-state index contributed by atoms with van der Waals surface area (Å²) in [6.07, 6.45) is 3.00. The minimum Gasteiger partial charge on any atom is -0.494 e. The van der Waals surface area contributed by atoms with Gasteiger partial charge >= 0.3 is 0 Å². The van der Waals surface area contributed by atoms with E-state index in [1.807, 2.05) is 0 Å². The Hall–Kier alpha value is -3.86. The van der Waals surface area contributed by atoms with E-state index in [0.717, 1.165) is 48.5 Å². The van der Waals surface area contributed by atoms with Gasteiger partial charge in [0.25, 0.3) is 5.91 Å². The molecule has 3 aromatic rings. The van der Waals surface area contributed by atoms with Crippen LogP contribution in [0.15, 0.2) is 30.5 Å². The molecule has 1 saturated heterocycles.